The van der Waals surface area contributed by atoms with E-state index >= 15 is 0 Å². The number of alkyl halides is 1. The Kier molecular flexibility index (Phi) is 6.62. The highest BCUT2D eigenvalue weighted by Crippen LogP contribution is 2.31. The Morgan fingerprint density at radius 3 is 2.74 bits per heavy atom. The van der Waals surface area contributed by atoms with Crippen LogP contribution in [-0.4, -0.2) is 25.3 Å². The first-order chi connectivity index (χ1) is 11.0. The molecule has 0 amide bonds. The molecule has 23 heavy (non-hydrogen) atoms. The molecule has 0 radical (unpaired) electrons. The van der Waals surface area contributed by atoms with Crippen molar-refractivity contribution in [1.29, 1.82) is 0 Å². The Bertz CT molecular complexity index is 709. The minimum atomic E-state index is -0.498. The minimum absolute atomic E-state index is 0.313. The van der Waals surface area contributed by atoms with Gasteiger partial charge in [-0.3, -0.25) is 0 Å². The number of anilines is 1. The molecular formula is C16H17ClFN3S2. The number of halogens is 2. The van der Waals surface area contributed by atoms with Gasteiger partial charge in [-0.1, -0.05) is 29.4 Å². The number of nitrogens with zero attached hydrogens (tertiary/aromatic N) is 2. The second kappa shape index (κ2) is 8.47. The van der Waals surface area contributed by atoms with Gasteiger partial charge in [0.2, 0.25) is 5.96 Å². The molecule has 0 atom stereocenters. The molecule has 0 aromatic heterocycles. The van der Waals surface area contributed by atoms with Crippen molar-refractivity contribution < 1.29 is 4.39 Å². The average Bonchev–Trinajstić information content (AvgIpc) is 2.57. The molecule has 2 rings (SSSR count). The maximum absolute atomic E-state index is 12.5. The third kappa shape index (κ3) is 4.80. The Morgan fingerprint density at radius 2 is 2.04 bits per heavy atom. The van der Waals surface area contributed by atoms with Gasteiger partial charge >= 0.3 is 0 Å². The maximum Gasteiger partial charge on any atom is 0.200 e. The van der Waals surface area contributed by atoms with Crippen LogP contribution in [0.5, 0.6) is 0 Å². The van der Waals surface area contributed by atoms with Crippen LogP contribution in [-0.2, 0) is 0 Å². The van der Waals surface area contributed by atoms with Crippen molar-refractivity contribution in [2.24, 2.45) is 10.7 Å². The van der Waals surface area contributed by atoms with Crippen molar-refractivity contribution in [3.05, 3.63) is 47.5 Å². The van der Waals surface area contributed by atoms with E-state index in [1.807, 2.05) is 37.6 Å². The number of nitrogens with two attached hydrogens (primary N) is 1. The van der Waals surface area contributed by atoms with Crippen LogP contribution in [0.3, 0.4) is 0 Å². The normalized spacial score (nSPS) is 11.6. The summed E-state index contributed by atoms with van der Waals surface area (Å²) in [6, 6.07) is 12.7. The summed E-state index contributed by atoms with van der Waals surface area (Å²) in [7, 11) is 1.84. The number of benzene rings is 2. The molecule has 2 N–H and O–H groups in total. The first kappa shape index (κ1) is 18.0. The van der Waals surface area contributed by atoms with Gasteiger partial charge in [-0.25, -0.2) is 9.38 Å². The average molecular weight is 369 g/mol. The second-order valence-electron chi connectivity index (χ2n) is 4.60. The molecule has 0 fully saturated rings. The summed E-state index contributed by atoms with van der Waals surface area (Å²) < 4.78 is 12.5. The standard InChI is InChI=1S/C16H17ClFN3S2/c1-21(11-4-3-5-12(8-11)22-2)16(19)20-15-9-13(23-10-18)6-7-14(15)17/h3-9H,10H2,1-2H3,(H2,19,20)/i18-1. The molecule has 0 heterocycles. The number of aliphatic imine (C=N–C) groups is 1. The lowest BCUT2D eigenvalue weighted by Crippen LogP contribution is -2.33. The van der Waals surface area contributed by atoms with Gasteiger partial charge in [0.25, 0.3) is 0 Å². The smallest absolute Gasteiger partial charge is 0.200 e. The van der Waals surface area contributed by atoms with Crippen molar-refractivity contribution in [2.75, 3.05) is 24.2 Å². The zero-order chi connectivity index (χ0) is 16.8. The third-order valence-corrected chi connectivity index (χ3v) is 4.90. The van der Waals surface area contributed by atoms with Gasteiger partial charge in [-0.05, 0) is 42.7 Å². The van der Waals surface area contributed by atoms with Crippen LogP contribution in [0.25, 0.3) is 0 Å². The molecule has 2 aromatic rings. The molecule has 0 aliphatic heterocycles. The van der Waals surface area contributed by atoms with Crippen molar-refractivity contribution in [3.8, 4) is 0 Å². The number of guanidine groups is 1. The number of rotatable bonds is 5. The topological polar surface area (TPSA) is 41.6 Å². The molecule has 2 aromatic carbocycles. The summed E-state index contributed by atoms with van der Waals surface area (Å²) in [5.41, 5.74) is 7.55. The minimum Gasteiger partial charge on any atom is -0.369 e. The molecule has 0 bridgehead atoms. The van der Waals surface area contributed by atoms with E-state index in [2.05, 4.69) is 4.99 Å². The Labute approximate surface area is 149 Å². The summed E-state index contributed by atoms with van der Waals surface area (Å²) >= 11 is 8.89. The van der Waals surface area contributed by atoms with E-state index in [1.54, 1.807) is 34.9 Å². The summed E-state index contributed by atoms with van der Waals surface area (Å²) in [6.45, 7) is 0. The van der Waals surface area contributed by atoms with Crippen molar-refractivity contribution in [1.82, 2.24) is 0 Å². The largest absolute Gasteiger partial charge is 0.369 e. The van der Waals surface area contributed by atoms with Gasteiger partial charge in [0.05, 0.1) is 10.7 Å². The monoisotopic (exact) mass is 368 g/mol. The first-order valence-electron chi connectivity index (χ1n) is 6.75. The van der Waals surface area contributed by atoms with Gasteiger partial charge in [0, 0.05) is 22.5 Å². The SMILES string of the molecule is CSc1cccc(N(C)C(N)=Nc2cc(SC[18F])ccc2Cl)c1. The Balaban J connectivity index is 2.29. The van der Waals surface area contributed by atoms with E-state index in [1.165, 1.54) is 0 Å². The predicted octanol–water partition coefficient (Wildman–Crippen LogP) is 5.16. The summed E-state index contributed by atoms with van der Waals surface area (Å²) in [4.78, 5) is 8.06. The van der Waals surface area contributed by atoms with E-state index in [4.69, 9.17) is 17.3 Å². The number of thioether (sulfide) groups is 2. The Hall–Kier alpha value is -1.37. The predicted molar refractivity (Wildman–Crippen MR) is 101 cm³/mol. The fourth-order valence-electron chi connectivity index (χ4n) is 1.88. The van der Waals surface area contributed by atoms with E-state index < -0.39 is 6.01 Å². The van der Waals surface area contributed by atoms with Gasteiger partial charge < -0.3 is 10.6 Å². The van der Waals surface area contributed by atoms with Crippen molar-refractivity contribution >= 4 is 52.5 Å². The maximum atomic E-state index is 12.5. The lowest BCUT2D eigenvalue weighted by molar-refractivity contribution is 0.606. The number of hydrogen-bond acceptors (Lipinski definition) is 3. The van der Waals surface area contributed by atoms with E-state index in [9.17, 15) is 4.39 Å². The van der Waals surface area contributed by atoms with Gasteiger partial charge in [-0.15, -0.1) is 11.8 Å². The van der Waals surface area contributed by atoms with Crippen molar-refractivity contribution in [2.45, 2.75) is 9.79 Å². The highest BCUT2D eigenvalue weighted by atomic mass is 35.5. The summed E-state index contributed by atoms with van der Waals surface area (Å²) in [6.07, 6.45) is 2.02. The molecule has 0 aliphatic carbocycles. The summed E-state index contributed by atoms with van der Waals surface area (Å²) in [5.74, 6) is 0.313. The molecule has 0 aliphatic rings. The van der Waals surface area contributed by atoms with Crippen LogP contribution in [0.2, 0.25) is 5.02 Å². The first-order valence-corrected chi connectivity index (χ1v) is 9.34. The molecule has 0 unspecified atom stereocenters. The van der Waals surface area contributed by atoms with Gasteiger partial charge in [0.1, 0.15) is 6.01 Å². The van der Waals surface area contributed by atoms with E-state index in [-0.39, 0.29) is 0 Å². The van der Waals surface area contributed by atoms with Crippen LogP contribution in [0.15, 0.2) is 57.2 Å². The van der Waals surface area contributed by atoms with Crippen LogP contribution in [0.1, 0.15) is 0 Å². The molecule has 3 nitrogen and oxygen atoms in total. The van der Waals surface area contributed by atoms with Gasteiger partial charge in [-0.2, -0.15) is 0 Å². The van der Waals surface area contributed by atoms with Crippen LogP contribution >= 0.6 is 35.1 Å². The van der Waals surface area contributed by atoms with E-state index in [0.717, 1.165) is 27.2 Å². The lowest BCUT2D eigenvalue weighted by atomic mass is 10.3. The zero-order valence-electron chi connectivity index (χ0n) is 12.8. The fourth-order valence-corrected chi connectivity index (χ4v) is 2.98. The zero-order valence-corrected chi connectivity index (χ0v) is 15.2. The molecule has 122 valence electrons. The third-order valence-electron chi connectivity index (χ3n) is 3.16. The molecule has 0 saturated carbocycles. The molecule has 7 heteroatoms. The summed E-state index contributed by atoms with van der Waals surface area (Å²) in [5, 5.41) is 0.474. The highest BCUT2D eigenvalue weighted by Gasteiger charge is 2.08. The quantitative estimate of drug-likeness (QED) is 0.449. The highest BCUT2D eigenvalue weighted by molar-refractivity contribution is 7.99. The van der Waals surface area contributed by atoms with E-state index in [0.29, 0.717) is 16.7 Å². The van der Waals surface area contributed by atoms with Crippen LogP contribution in [0.4, 0.5) is 15.8 Å². The second-order valence-corrected chi connectivity index (χ2v) is 6.86. The van der Waals surface area contributed by atoms with Gasteiger partial charge in [0.15, 0.2) is 0 Å². The Morgan fingerprint density at radius 1 is 1.26 bits per heavy atom. The lowest BCUT2D eigenvalue weighted by Gasteiger charge is -2.19. The molecule has 0 spiro atoms. The fraction of sp³-hybridized carbons (Fsp3) is 0.188. The molecule has 0 saturated heterocycles. The van der Waals surface area contributed by atoms with Crippen molar-refractivity contribution in [3.63, 3.8) is 0 Å². The number of hydrogen-bond donors (Lipinski definition) is 1. The molecular weight excluding hydrogens is 352 g/mol. The van der Waals surface area contributed by atoms with Crippen LogP contribution < -0.4 is 10.6 Å². The van der Waals surface area contributed by atoms with Crippen LogP contribution in [0, 0.1) is 0 Å².